The third-order valence-electron chi connectivity index (χ3n) is 8.92. The molecule has 1 aromatic rings. The van der Waals surface area contributed by atoms with Crippen LogP contribution in [0.5, 0.6) is 5.75 Å². The van der Waals surface area contributed by atoms with E-state index in [4.69, 9.17) is 15.6 Å². The lowest BCUT2D eigenvalue weighted by Gasteiger charge is -2.48. The maximum absolute atomic E-state index is 14.3. The summed E-state index contributed by atoms with van der Waals surface area (Å²) in [5.74, 6) is -4.88. The number of Topliss-reactive ketones (excluding diaryl/α,β-unsaturated/α-hetero) is 2. The normalized spacial score (nSPS) is 24.3. The first-order chi connectivity index (χ1) is 20.5. The van der Waals surface area contributed by atoms with Gasteiger partial charge in [0.25, 0.3) is 5.91 Å². The lowest BCUT2D eigenvalue weighted by atomic mass is 9.55. The predicted molar refractivity (Wildman–Crippen MR) is 159 cm³/mol. The third-order valence-corrected chi connectivity index (χ3v) is 8.92. The van der Waals surface area contributed by atoms with Gasteiger partial charge in [0.05, 0.1) is 18.1 Å². The number of para-hydroxylation sites is 1. The molecule has 2 aliphatic rings. The van der Waals surface area contributed by atoms with E-state index >= 15 is 0 Å². The lowest BCUT2D eigenvalue weighted by molar-refractivity contribution is -0.168. The van der Waals surface area contributed by atoms with Gasteiger partial charge in [-0.3, -0.25) is 24.0 Å². The number of amides is 2. The van der Waals surface area contributed by atoms with E-state index in [1.54, 1.807) is 44.2 Å². The van der Waals surface area contributed by atoms with Gasteiger partial charge in [-0.05, 0) is 43.2 Å². The van der Waals surface area contributed by atoms with E-state index in [1.165, 1.54) is 0 Å². The highest BCUT2D eigenvalue weighted by atomic mass is 16.5. The van der Waals surface area contributed by atoms with Crippen LogP contribution in [0, 0.1) is 23.2 Å². The van der Waals surface area contributed by atoms with E-state index in [0.29, 0.717) is 30.9 Å². The fraction of sp³-hybridized carbons (Fsp3) is 0.656. The largest absolute Gasteiger partial charge is 0.484 e. The minimum absolute atomic E-state index is 0.0703. The van der Waals surface area contributed by atoms with Crippen molar-refractivity contribution in [2.75, 3.05) is 13.2 Å². The maximum Gasteiger partial charge on any atom is 0.303 e. The Balaban J connectivity index is 1.85. The highest BCUT2D eigenvalue weighted by molar-refractivity contribution is 6.16. The molecule has 2 fully saturated rings. The van der Waals surface area contributed by atoms with Crippen molar-refractivity contribution in [1.29, 1.82) is 0 Å². The second kappa shape index (κ2) is 16.0. The average molecular weight is 602 g/mol. The van der Waals surface area contributed by atoms with Crippen molar-refractivity contribution in [1.82, 2.24) is 10.6 Å². The van der Waals surface area contributed by atoms with Crippen LogP contribution in [0.4, 0.5) is 0 Å². The number of carboxylic acids is 1. The maximum atomic E-state index is 14.3. The zero-order chi connectivity index (χ0) is 31.6. The monoisotopic (exact) mass is 601 g/mol. The number of hydrogen-bond acceptors (Lipinski definition) is 8. The van der Waals surface area contributed by atoms with Gasteiger partial charge in [0.1, 0.15) is 16.9 Å². The Kier molecular flexibility index (Phi) is 12.7. The molecular weight excluding hydrogens is 554 g/mol. The Morgan fingerprint density at radius 2 is 1.74 bits per heavy atom. The summed E-state index contributed by atoms with van der Waals surface area (Å²) >= 11 is 0. The molecule has 238 valence electrons. The summed E-state index contributed by atoms with van der Waals surface area (Å²) in [4.78, 5) is 65.8. The fourth-order valence-corrected chi connectivity index (χ4v) is 6.70. The predicted octanol–water partition coefficient (Wildman–Crippen LogP) is 2.38. The number of nitrogens with one attached hydrogen (secondary N) is 2. The van der Waals surface area contributed by atoms with Gasteiger partial charge in [-0.15, -0.1) is 0 Å². The van der Waals surface area contributed by atoms with Crippen molar-refractivity contribution in [2.24, 2.45) is 28.9 Å². The highest BCUT2D eigenvalue weighted by Gasteiger charge is 2.64. The van der Waals surface area contributed by atoms with Crippen LogP contribution in [0.1, 0.15) is 78.1 Å². The van der Waals surface area contributed by atoms with E-state index in [9.17, 15) is 29.1 Å². The summed E-state index contributed by atoms with van der Waals surface area (Å²) in [6, 6.07) is 6.53. The number of nitrogens with two attached hydrogens (primary N) is 1. The molecule has 0 heterocycles. The molecule has 11 nitrogen and oxygen atoms in total. The van der Waals surface area contributed by atoms with Gasteiger partial charge < -0.3 is 31.3 Å². The Bertz CT molecular complexity index is 1120. The Labute approximate surface area is 253 Å². The van der Waals surface area contributed by atoms with Gasteiger partial charge in [-0.25, -0.2) is 0 Å². The van der Waals surface area contributed by atoms with Crippen LogP contribution in [0.2, 0.25) is 0 Å². The second-order valence-corrected chi connectivity index (χ2v) is 12.3. The van der Waals surface area contributed by atoms with Crippen LogP contribution in [-0.4, -0.2) is 70.9 Å². The number of aliphatic carboxylic acids is 1. The number of carbonyl (C=O) groups is 5. The molecule has 0 radical (unpaired) electrons. The number of unbranched alkanes of at least 4 members (excludes halogenated alkanes) is 1. The topological polar surface area (TPSA) is 185 Å². The van der Waals surface area contributed by atoms with Crippen molar-refractivity contribution < 1.29 is 38.9 Å². The summed E-state index contributed by atoms with van der Waals surface area (Å²) in [5, 5.41) is 25.8. The molecule has 0 spiro atoms. The SMILES string of the molecule is CC(C)[C@@]1(C(=O)NCCCCC(=O)O)C(=O)[C@@H](NC(=O)COc2ccccc2)CC(=O)C1[C@H](O)[C@@H](N)CC1CCCCC1. The molecule has 3 rings (SSSR count). The summed E-state index contributed by atoms with van der Waals surface area (Å²) in [6.07, 6.45) is 4.48. The molecule has 0 aliphatic heterocycles. The molecule has 43 heavy (non-hydrogen) atoms. The van der Waals surface area contributed by atoms with Crippen LogP contribution in [0.15, 0.2) is 30.3 Å². The quantitative estimate of drug-likeness (QED) is 0.149. The second-order valence-electron chi connectivity index (χ2n) is 12.3. The number of hydrogen-bond donors (Lipinski definition) is 5. The van der Waals surface area contributed by atoms with Crippen molar-refractivity contribution >= 4 is 29.4 Å². The Hall–Kier alpha value is -3.31. The zero-order valence-electron chi connectivity index (χ0n) is 25.3. The van der Waals surface area contributed by atoms with E-state index in [2.05, 4.69) is 10.6 Å². The number of ketones is 2. The van der Waals surface area contributed by atoms with Crippen molar-refractivity contribution in [3.63, 3.8) is 0 Å². The number of ether oxygens (including phenoxy) is 1. The molecule has 11 heteroatoms. The average Bonchev–Trinajstić information content (AvgIpc) is 2.97. The molecular formula is C32H47N3O8. The van der Waals surface area contributed by atoms with Crippen LogP contribution in [0.3, 0.4) is 0 Å². The molecule has 5 atom stereocenters. The van der Waals surface area contributed by atoms with Crippen LogP contribution in [-0.2, 0) is 24.0 Å². The van der Waals surface area contributed by atoms with Gasteiger partial charge in [0, 0.05) is 25.4 Å². The van der Waals surface area contributed by atoms with Crippen molar-refractivity contribution in [3.05, 3.63) is 30.3 Å². The van der Waals surface area contributed by atoms with Gasteiger partial charge in [0.15, 0.2) is 12.4 Å². The minimum Gasteiger partial charge on any atom is -0.484 e. The summed E-state index contributed by atoms with van der Waals surface area (Å²) in [7, 11) is 0. The number of aliphatic hydroxyl groups excluding tert-OH is 1. The van der Waals surface area contributed by atoms with Gasteiger partial charge in [0.2, 0.25) is 5.91 Å². The highest BCUT2D eigenvalue weighted by Crippen LogP contribution is 2.46. The van der Waals surface area contributed by atoms with Crippen LogP contribution >= 0.6 is 0 Å². The van der Waals surface area contributed by atoms with E-state index < -0.39 is 71.4 Å². The number of rotatable bonds is 15. The van der Waals surface area contributed by atoms with Crippen molar-refractivity contribution in [3.8, 4) is 5.75 Å². The molecule has 2 amide bonds. The van der Waals surface area contributed by atoms with Crippen LogP contribution in [0.25, 0.3) is 0 Å². The van der Waals surface area contributed by atoms with Crippen LogP contribution < -0.4 is 21.1 Å². The molecule has 0 aromatic heterocycles. The van der Waals surface area contributed by atoms with E-state index in [0.717, 1.165) is 32.1 Å². The van der Waals surface area contributed by atoms with E-state index in [1.807, 2.05) is 0 Å². The van der Waals surface area contributed by atoms with Gasteiger partial charge in [-0.2, -0.15) is 0 Å². The summed E-state index contributed by atoms with van der Waals surface area (Å²) in [5.41, 5.74) is 4.50. The number of carboxylic acid groups (broad SMARTS) is 1. The number of aliphatic hydroxyl groups is 1. The molecule has 1 aromatic carbocycles. The Morgan fingerprint density at radius 1 is 1.07 bits per heavy atom. The third kappa shape index (κ3) is 8.63. The first-order valence-electron chi connectivity index (χ1n) is 15.5. The van der Waals surface area contributed by atoms with Crippen molar-refractivity contribution in [2.45, 2.75) is 96.2 Å². The molecule has 0 saturated heterocycles. The summed E-state index contributed by atoms with van der Waals surface area (Å²) < 4.78 is 5.49. The molecule has 2 aliphatic carbocycles. The summed E-state index contributed by atoms with van der Waals surface area (Å²) in [6.45, 7) is 2.97. The standard InChI is InChI=1S/C32H47N3O8/c1-20(2)32(31(42)34-16-10-9-15-27(38)39)28(29(40)23(33)17-21-11-5-3-6-12-21)25(36)18-24(30(32)41)35-26(37)19-43-22-13-7-4-8-14-22/h4,7-8,13-14,20-21,23-24,28-29,40H,3,5-6,9-12,15-19,33H2,1-2H3,(H,34,42)(H,35,37)(H,38,39)/t23-,24-,28?,29+,32-/m0/s1. The minimum atomic E-state index is -2.00. The molecule has 2 saturated carbocycles. The van der Waals surface area contributed by atoms with E-state index in [-0.39, 0.29) is 19.4 Å². The zero-order valence-corrected chi connectivity index (χ0v) is 25.3. The first kappa shape index (κ1) is 34.2. The van der Waals surface area contributed by atoms with Gasteiger partial charge in [-0.1, -0.05) is 64.2 Å². The fourth-order valence-electron chi connectivity index (χ4n) is 6.70. The lowest BCUT2D eigenvalue weighted by Crippen LogP contribution is -2.69. The molecule has 1 unspecified atom stereocenters. The Morgan fingerprint density at radius 3 is 2.37 bits per heavy atom. The van der Waals surface area contributed by atoms with Gasteiger partial charge >= 0.3 is 5.97 Å². The number of carbonyl (C=O) groups excluding carboxylic acids is 4. The smallest absolute Gasteiger partial charge is 0.303 e. The molecule has 0 bridgehead atoms. The number of benzene rings is 1. The first-order valence-corrected chi connectivity index (χ1v) is 15.5. The molecule has 6 N–H and O–H groups in total.